The molecule has 4 unspecified atom stereocenters. The van der Waals surface area contributed by atoms with E-state index in [1.165, 1.54) is 4.90 Å². The highest BCUT2D eigenvalue weighted by Gasteiger charge is 2.44. The zero-order chi connectivity index (χ0) is 24.9. The summed E-state index contributed by atoms with van der Waals surface area (Å²) in [6.07, 6.45) is -5.22. The quantitative estimate of drug-likeness (QED) is 0.110. The van der Waals surface area contributed by atoms with Crippen LogP contribution in [0, 0.1) is 5.92 Å². The van der Waals surface area contributed by atoms with Crippen molar-refractivity contribution in [2.75, 3.05) is 18.9 Å². The first kappa shape index (κ1) is 27.3. The summed E-state index contributed by atoms with van der Waals surface area (Å²) < 4.78 is 10.7. The van der Waals surface area contributed by atoms with E-state index in [9.17, 15) is 29.4 Å². The summed E-state index contributed by atoms with van der Waals surface area (Å²) in [6, 6.07) is -2.43. The maximum atomic E-state index is 12.8. The van der Waals surface area contributed by atoms with Crippen LogP contribution in [0.2, 0.25) is 0 Å². The van der Waals surface area contributed by atoms with Gasteiger partial charge in [-0.2, -0.15) is 12.6 Å². The number of carboxylic acid groups (broad SMARTS) is 2. The number of nitrogens with two attached hydrogens (primary N) is 1. The van der Waals surface area contributed by atoms with Crippen molar-refractivity contribution in [2.24, 2.45) is 11.7 Å². The second-order valence-corrected chi connectivity index (χ2v) is 8.49. The number of aliphatic hydroxyl groups is 2. The van der Waals surface area contributed by atoms with Gasteiger partial charge in [0, 0.05) is 18.7 Å². The minimum Gasteiger partial charge on any atom is -0.480 e. The van der Waals surface area contributed by atoms with Crippen LogP contribution in [-0.4, -0.2) is 111 Å². The topological polar surface area (TPSA) is 209 Å². The smallest absolute Gasteiger partial charge is 0.335 e. The number of rotatable bonds is 12. The van der Waals surface area contributed by atoms with Crippen LogP contribution in [-0.2, 0) is 28.7 Å². The van der Waals surface area contributed by atoms with E-state index in [4.69, 9.17) is 25.4 Å². The largest absolute Gasteiger partial charge is 0.480 e. The number of hydrogen-bond acceptors (Lipinski definition) is 10. The first-order valence-electron chi connectivity index (χ1n) is 10.6. The molecule has 8 atom stereocenters. The first-order valence-corrected chi connectivity index (χ1v) is 11.2. The van der Waals surface area contributed by atoms with Crippen LogP contribution in [0.3, 0.4) is 0 Å². The van der Waals surface area contributed by atoms with Crippen molar-refractivity contribution in [3.63, 3.8) is 0 Å². The third-order valence-corrected chi connectivity index (χ3v) is 6.03. The lowest BCUT2D eigenvalue weighted by Crippen LogP contribution is -2.52. The van der Waals surface area contributed by atoms with Gasteiger partial charge < -0.3 is 45.9 Å². The van der Waals surface area contributed by atoms with Crippen molar-refractivity contribution in [2.45, 2.75) is 68.9 Å². The molecule has 2 amide bonds. The zero-order valence-corrected chi connectivity index (χ0v) is 19.0. The molecule has 2 aliphatic rings. The van der Waals surface area contributed by atoms with Gasteiger partial charge in [0.1, 0.15) is 12.1 Å². The maximum Gasteiger partial charge on any atom is 0.335 e. The molecule has 0 aliphatic carbocycles. The molecule has 0 spiro atoms. The van der Waals surface area contributed by atoms with Crippen LogP contribution < -0.4 is 11.1 Å². The van der Waals surface area contributed by atoms with Gasteiger partial charge in [0.2, 0.25) is 11.8 Å². The normalized spacial score (nSPS) is 29.6. The van der Waals surface area contributed by atoms with Crippen molar-refractivity contribution in [1.82, 2.24) is 10.2 Å². The molecule has 188 valence electrons. The van der Waals surface area contributed by atoms with Crippen LogP contribution in [0.1, 0.15) is 26.2 Å². The molecule has 0 aromatic carbocycles. The molecule has 0 aromatic heterocycles. The fourth-order valence-corrected chi connectivity index (χ4v) is 3.73. The van der Waals surface area contributed by atoms with Gasteiger partial charge in [-0.1, -0.05) is 6.92 Å². The lowest BCUT2D eigenvalue weighted by molar-refractivity contribution is -0.254. The molecule has 2 heterocycles. The molecule has 2 aliphatic heterocycles. The Morgan fingerprint density at radius 3 is 2.48 bits per heavy atom. The summed E-state index contributed by atoms with van der Waals surface area (Å²) in [5.74, 6) is -4.20. The first-order chi connectivity index (χ1) is 15.5. The van der Waals surface area contributed by atoms with E-state index >= 15 is 0 Å². The summed E-state index contributed by atoms with van der Waals surface area (Å²) in [5.41, 5.74) is 5.85. The number of hydrogen-bond donors (Lipinski definition) is 7. The number of carbonyl (C=O) groups is 4. The minimum absolute atomic E-state index is 0.0894. The zero-order valence-electron chi connectivity index (χ0n) is 18.1. The van der Waals surface area contributed by atoms with Gasteiger partial charge >= 0.3 is 11.9 Å². The fraction of sp³-hybridized carbons (Fsp3) is 0.789. The van der Waals surface area contributed by atoms with E-state index < -0.39 is 60.4 Å². The summed E-state index contributed by atoms with van der Waals surface area (Å²) >= 11 is 3.87. The van der Waals surface area contributed by atoms with Gasteiger partial charge in [-0.25, -0.2) is 9.59 Å². The molecule has 2 fully saturated rings. The second-order valence-electron chi connectivity index (χ2n) is 8.13. The van der Waals surface area contributed by atoms with Gasteiger partial charge in [0.25, 0.3) is 0 Å². The third kappa shape index (κ3) is 7.25. The van der Waals surface area contributed by atoms with E-state index in [1.54, 1.807) is 6.92 Å². The number of aliphatic carboxylic acids is 2. The lowest BCUT2D eigenvalue weighted by Gasteiger charge is -2.35. The molecule has 0 saturated carbocycles. The molecule has 33 heavy (non-hydrogen) atoms. The van der Waals surface area contributed by atoms with Crippen LogP contribution in [0.4, 0.5) is 0 Å². The summed E-state index contributed by atoms with van der Waals surface area (Å²) in [4.78, 5) is 48.5. The summed E-state index contributed by atoms with van der Waals surface area (Å²) in [5, 5.41) is 39.9. The lowest BCUT2D eigenvalue weighted by atomic mass is 10.0. The predicted octanol–water partition coefficient (Wildman–Crippen LogP) is -2.62. The van der Waals surface area contributed by atoms with Crippen LogP contribution in [0.25, 0.3) is 0 Å². The Morgan fingerprint density at radius 1 is 1.27 bits per heavy atom. The molecule has 0 aromatic rings. The standard InChI is InChI=1S/C19H31N3O10S/c1-2-8(6-31-13-4-12(23)14(24)15(32-13)19(29)30)17(26)22-5-9(22)3-10(20)16(25)21-11(7-33)18(27)28/h8-15,23-24,33H,2-7,20H2,1H3,(H,21,25)(H,27,28)(H,29,30)/t8?,9?,10-,11+,12+,13-,14?,15?,22?/m0/s1. The number of nitrogens with one attached hydrogen (secondary N) is 1. The number of amides is 2. The highest BCUT2D eigenvalue weighted by atomic mass is 32.1. The summed E-state index contributed by atoms with van der Waals surface area (Å²) in [6.45, 7) is 2.07. The Bertz CT molecular complexity index is 741. The average molecular weight is 494 g/mol. The van der Waals surface area contributed by atoms with E-state index in [0.717, 1.165) is 0 Å². The van der Waals surface area contributed by atoms with E-state index in [-0.39, 0.29) is 37.2 Å². The highest BCUT2D eigenvalue weighted by Crippen LogP contribution is 2.27. The fourth-order valence-electron chi connectivity index (χ4n) is 3.49. The third-order valence-electron chi connectivity index (χ3n) is 5.66. The van der Waals surface area contributed by atoms with Crippen LogP contribution >= 0.6 is 12.6 Å². The van der Waals surface area contributed by atoms with Gasteiger partial charge in [-0.3, -0.25) is 9.59 Å². The Kier molecular flexibility index (Phi) is 9.87. The highest BCUT2D eigenvalue weighted by molar-refractivity contribution is 7.80. The van der Waals surface area contributed by atoms with E-state index in [2.05, 4.69) is 17.9 Å². The number of aliphatic hydroxyl groups excluding tert-OH is 2. The number of ether oxygens (including phenoxy) is 2. The van der Waals surface area contributed by atoms with E-state index in [0.29, 0.717) is 13.0 Å². The maximum absolute atomic E-state index is 12.8. The second kappa shape index (κ2) is 11.9. The molecule has 2 saturated heterocycles. The van der Waals surface area contributed by atoms with Crippen LogP contribution in [0.5, 0.6) is 0 Å². The number of carbonyl (C=O) groups excluding carboxylic acids is 2. The Balaban J connectivity index is 1.82. The Labute approximate surface area is 195 Å². The molecular weight excluding hydrogens is 462 g/mol. The Hall–Kier alpha value is -1.97. The average Bonchev–Trinajstić information content (AvgIpc) is 3.52. The van der Waals surface area contributed by atoms with E-state index in [1.807, 2.05) is 0 Å². The number of carboxylic acids is 2. The molecule has 13 nitrogen and oxygen atoms in total. The predicted molar refractivity (Wildman–Crippen MR) is 114 cm³/mol. The van der Waals surface area contributed by atoms with Crippen molar-refractivity contribution >= 4 is 36.4 Å². The Morgan fingerprint density at radius 2 is 1.94 bits per heavy atom. The molecule has 14 heteroatoms. The van der Waals surface area contributed by atoms with Crippen molar-refractivity contribution in [3.05, 3.63) is 0 Å². The molecule has 0 bridgehead atoms. The summed E-state index contributed by atoms with van der Waals surface area (Å²) in [7, 11) is 0. The number of nitrogens with zero attached hydrogens (tertiary/aromatic N) is 1. The molecule has 2 rings (SSSR count). The monoisotopic (exact) mass is 493 g/mol. The van der Waals surface area contributed by atoms with Gasteiger partial charge in [0.05, 0.1) is 30.7 Å². The molecule has 7 N–H and O–H groups in total. The van der Waals surface area contributed by atoms with Crippen molar-refractivity contribution in [1.29, 1.82) is 0 Å². The SMILES string of the molecule is CCC(CO[C@@H]1C[C@@H](O)C(O)C(C(=O)O)O1)C(=O)N1CC1C[C@H](N)C(=O)N[C@H](CS)C(=O)O. The molecule has 0 radical (unpaired) electrons. The number of thiol groups is 1. The van der Waals surface area contributed by atoms with Crippen molar-refractivity contribution in [3.8, 4) is 0 Å². The molecular formula is C19H31N3O10S. The van der Waals surface area contributed by atoms with Crippen LogP contribution in [0.15, 0.2) is 0 Å². The van der Waals surface area contributed by atoms with Gasteiger partial charge in [0.15, 0.2) is 12.4 Å². The van der Waals surface area contributed by atoms with Crippen molar-refractivity contribution < 1.29 is 49.1 Å². The minimum atomic E-state index is -1.64. The van der Waals surface area contributed by atoms with Gasteiger partial charge in [-0.05, 0) is 12.8 Å². The van der Waals surface area contributed by atoms with Gasteiger partial charge in [-0.15, -0.1) is 0 Å².